The van der Waals surface area contributed by atoms with Crippen LogP contribution in [0.2, 0.25) is 0 Å². The van der Waals surface area contributed by atoms with E-state index < -0.39 is 0 Å². The number of aldehydes is 2. The number of carbonyl (C=O) groups is 2. The summed E-state index contributed by atoms with van der Waals surface area (Å²) < 4.78 is 5.25. The van der Waals surface area contributed by atoms with Gasteiger partial charge in [-0.15, -0.1) is 12.6 Å². The molecule has 0 amide bonds. The zero-order valence-corrected chi connectivity index (χ0v) is 8.53. The van der Waals surface area contributed by atoms with Gasteiger partial charge in [0.05, 0.1) is 5.56 Å². The Balaban J connectivity index is 3.14. The van der Waals surface area contributed by atoms with Crippen LogP contribution in [0.3, 0.4) is 0 Å². The van der Waals surface area contributed by atoms with Gasteiger partial charge in [-0.2, -0.15) is 0 Å². The second-order valence-corrected chi connectivity index (χ2v) is 3.44. The molecule has 0 radical (unpaired) electrons. The van der Waals surface area contributed by atoms with E-state index in [-0.39, 0.29) is 11.0 Å². The Morgan fingerprint density at radius 1 is 1.36 bits per heavy atom. The van der Waals surface area contributed by atoms with Gasteiger partial charge in [0.25, 0.3) is 0 Å². The summed E-state index contributed by atoms with van der Waals surface area (Å²) in [5, 5.41) is 0. The van der Waals surface area contributed by atoms with Crippen molar-refractivity contribution in [3.63, 3.8) is 0 Å². The summed E-state index contributed by atoms with van der Waals surface area (Å²) in [6.07, 6.45) is 1.23. The normalized spacial score (nSPS) is 11.9. The van der Waals surface area contributed by atoms with Gasteiger partial charge in [0, 0.05) is 5.56 Å². The second kappa shape index (κ2) is 4.81. The molecule has 0 heterocycles. The predicted octanol–water partition coefficient (Wildman–Crippen LogP) is 1.97. The van der Waals surface area contributed by atoms with Crippen LogP contribution >= 0.6 is 12.6 Å². The Kier molecular flexibility index (Phi) is 3.71. The monoisotopic (exact) mass is 210 g/mol. The molecule has 0 aliphatic carbocycles. The Labute approximate surface area is 87.5 Å². The number of ether oxygens (including phenoxy) is 1. The highest BCUT2D eigenvalue weighted by Gasteiger charge is 2.09. The molecule has 1 aromatic carbocycles. The molecule has 0 aromatic heterocycles. The quantitative estimate of drug-likeness (QED) is 0.469. The van der Waals surface area contributed by atoms with Crippen molar-refractivity contribution in [2.24, 2.45) is 0 Å². The highest BCUT2D eigenvalue weighted by molar-refractivity contribution is 7.80. The van der Waals surface area contributed by atoms with Crippen molar-refractivity contribution in [3.05, 3.63) is 29.3 Å². The van der Waals surface area contributed by atoms with Crippen LogP contribution in [0, 0.1) is 0 Å². The summed E-state index contributed by atoms with van der Waals surface area (Å²) in [6.45, 7) is 1.73. The average molecular weight is 210 g/mol. The van der Waals surface area contributed by atoms with E-state index in [0.717, 1.165) is 0 Å². The van der Waals surface area contributed by atoms with E-state index in [1.54, 1.807) is 25.1 Å². The van der Waals surface area contributed by atoms with Crippen molar-refractivity contribution < 1.29 is 14.3 Å². The number of hydrogen-bond donors (Lipinski definition) is 1. The standard InChI is InChI=1S/C10H10O3S/c1-7(14)13-10-4-2-3-8(5-11)9(10)6-12/h2-7,14H,1H3. The molecular formula is C10H10O3S. The summed E-state index contributed by atoms with van der Waals surface area (Å²) in [5.74, 6) is 0.382. The van der Waals surface area contributed by atoms with Crippen LogP contribution < -0.4 is 4.74 Å². The molecule has 0 spiro atoms. The van der Waals surface area contributed by atoms with Gasteiger partial charge in [-0.1, -0.05) is 12.1 Å². The van der Waals surface area contributed by atoms with Crippen LogP contribution in [0.25, 0.3) is 0 Å². The van der Waals surface area contributed by atoms with Crippen LogP contribution in [-0.4, -0.2) is 18.0 Å². The molecular weight excluding hydrogens is 200 g/mol. The van der Waals surface area contributed by atoms with Crippen LogP contribution in [-0.2, 0) is 0 Å². The lowest BCUT2D eigenvalue weighted by Crippen LogP contribution is -2.06. The molecule has 0 aliphatic rings. The van der Waals surface area contributed by atoms with E-state index in [2.05, 4.69) is 12.6 Å². The lowest BCUT2D eigenvalue weighted by atomic mass is 10.1. The van der Waals surface area contributed by atoms with Crippen molar-refractivity contribution in [2.75, 3.05) is 0 Å². The Hall–Kier alpha value is -1.29. The number of thiol groups is 1. The fraction of sp³-hybridized carbons (Fsp3) is 0.200. The topological polar surface area (TPSA) is 43.4 Å². The first-order valence-corrected chi connectivity index (χ1v) is 4.58. The zero-order chi connectivity index (χ0) is 10.6. The van der Waals surface area contributed by atoms with Crippen LogP contribution in [0.15, 0.2) is 18.2 Å². The van der Waals surface area contributed by atoms with Crippen molar-refractivity contribution >= 4 is 25.2 Å². The van der Waals surface area contributed by atoms with E-state index in [4.69, 9.17) is 4.74 Å². The minimum Gasteiger partial charge on any atom is -0.480 e. The Bertz CT molecular complexity index is 347. The number of carbonyl (C=O) groups excluding carboxylic acids is 2. The average Bonchev–Trinajstić information content (AvgIpc) is 2.16. The van der Waals surface area contributed by atoms with Crippen LogP contribution in [0.1, 0.15) is 27.6 Å². The summed E-state index contributed by atoms with van der Waals surface area (Å²) >= 11 is 4.03. The van der Waals surface area contributed by atoms with Gasteiger partial charge in [0.15, 0.2) is 12.6 Å². The largest absolute Gasteiger partial charge is 0.480 e. The van der Waals surface area contributed by atoms with E-state index in [1.807, 2.05) is 0 Å². The zero-order valence-electron chi connectivity index (χ0n) is 7.64. The maximum absolute atomic E-state index is 10.7. The van der Waals surface area contributed by atoms with E-state index in [1.165, 1.54) is 0 Å². The fourth-order valence-corrected chi connectivity index (χ4v) is 1.19. The van der Waals surface area contributed by atoms with Crippen LogP contribution in [0.4, 0.5) is 0 Å². The third-order valence-electron chi connectivity index (χ3n) is 1.64. The first kappa shape index (κ1) is 10.8. The number of hydrogen-bond acceptors (Lipinski definition) is 4. The number of rotatable bonds is 4. The molecule has 0 bridgehead atoms. The van der Waals surface area contributed by atoms with E-state index >= 15 is 0 Å². The highest BCUT2D eigenvalue weighted by atomic mass is 32.1. The summed E-state index contributed by atoms with van der Waals surface area (Å²) in [7, 11) is 0. The van der Waals surface area contributed by atoms with Crippen molar-refractivity contribution in [1.82, 2.24) is 0 Å². The maximum Gasteiger partial charge on any atom is 0.154 e. The van der Waals surface area contributed by atoms with Gasteiger partial charge >= 0.3 is 0 Å². The first-order chi connectivity index (χ1) is 6.69. The smallest absolute Gasteiger partial charge is 0.154 e. The molecule has 1 unspecified atom stereocenters. The van der Waals surface area contributed by atoms with E-state index in [9.17, 15) is 9.59 Å². The van der Waals surface area contributed by atoms with Gasteiger partial charge in [0.2, 0.25) is 0 Å². The highest BCUT2D eigenvalue weighted by Crippen LogP contribution is 2.21. The Morgan fingerprint density at radius 2 is 2.07 bits per heavy atom. The maximum atomic E-state index is 10.7. The third kappa shape index (κ3) is 2.35. The van der Waals surface area contributed by atoms with Gasteiger partial charge in [0.1, 0.15) is 11.2 Å². The molecule has 0 fully saturated rings. The summed E-state index contributed by atoms with van der Waals surface area (Å²) in [4.78, 5) is 21.3. The van der Waals surface area contributed by atoms with Crippen molar-refractivity contribution in [1.29, 1.82) is 0 Å². The van der Waals surface area contributed by atoms with Gasteiger partial charge in [-0.3, -0.25) is 9.59 Å². The van der Waals surface area contributed by atoms with Crippen molar-refractivity contribution in [2.45, 2.75) is 12.4 Å². The van der Waals surface area contributed by atoms with Gasteiger partial charge < -0.3 is 4.74 Å². The first-order valence-electron chi connectivity index (χ1n) is 4.07. The molecule has 0 aliphatic heterocycles. The molecule has 14 heavy (non-hydrogen) atoms. The van der Waals surface area contributed by atoms with Crippen LogP contribution in [0.5, 0.6) is 5.75 Å². The molecule has 1 atom stereocenters. The third-order valence-corrected chi connectivity index (χ3v) is 1.75. The number of benzene rings is 1. The molecule has 0 saturated heterocycles. The minimum atomic E-state index is -0.324. The Morgan fingerprint density at radius 3 is 2.57 bits per heavy atom. The lowest BCUT2D eigenvalue weighted by molar-refractivity contribution is 0.109. The fourth-order valence-electron chi connectivity index (χ4n) is 1.08. The molecule has 0 saturated carbocycles. The summed E-state index contributed by atoms with van der Waals surface area (Å²) in [6, 6.07) is 4.85. The molecule has 0 N–H and O–H groups in total. The van der Waals surface area contributed by atoms with Crippen molar-refractivity contribution in [3.8, 4) is 5.75 Å². The molecule has 1 aromatic rings. The van der Waals surface area contributed by atoms with Gasteiger partial charge in [-0.25, -0.2) is 0 Å². The lowest BCUT2D eigenvalue weighted by Gasteiger charge is -2.11. The SMILES string of the molecule is CC(S)Oc1cccc(C=O)c1C=O. The minimum absolute atomic E-state index is 0.267. The van der Waals surface area contributed by atoms with E-state index in [0.29, 0.717) is 23.9 Å². The molecule has 3 nitrogen and oxygen atoms in total. The van der Waals surface area contributed by atoms with Gasteiger partial charge in [-0.05, 0) is 13.0 Å². The molecule has 1 rings (SSSR count). The molecule has 74 valence electrons. The molecule has 4 heteroatoms. The summed E-state index contributed by atoms with van der Waals surface area (Å²) in [5.41, 5.74) is 0.269. The predicted molar refractivity (Wildman–Crippen MR) is 56.3 cm³/mol. The second-order valence-electron chi connectivity index (χ2n) is 2.71.